The van der Waals surface area contributed by atoms with Crippen LogP contribution in [0.2, 0.25) is 0 Å². The number of hydrogen-bond acceptors (Lipinski definition) is 3. The second kappa shape index (κ2) is 9.47. The first kappa shape index (κ1) is 25.4. The first-order valence-corrected chi connectivity index (χ1v) is 9.74. The number of alkyl carbamates (subject to hydrolysis) is 1. The number of hydrogen-bond donors (Lipinski definition) is 2. The fourth-order valence-corrected chi connectivity index (χ4v) is 4.12. The summed E-state index contributed by atoms with van der Waals surface area (Å²) in [7, 11) is 0. The zero-order chi connectivity index (χ0) is 22.5. The van der Waals surface area contributed by atoms with Gasteiger partial charge in [-0.05, 0) is 36.5 Å². The Morgan fingerprint density at radius 1 is 1.10 bits per heavy atom. The molecule has 2 N–H and O–H groups in total. The van der Waals surface area contributed by atoms with Gasteiger partial charge in [-0.15, -0.1) is 0 Å². The predicted octanol–water partition coefficient (Wildman–Crippen LogP) is 4.80. The summed E-state index contributed by atoms with van der Waals surface area (Å²) < 4.78 is 66.8. The van der Waals surface area contributed by atoms with E-state index >= 15 is 0 Å². The van der Waals surface area contributed by atoms with Gasteiger partial charge < -0.3 is 15.4 Å². The van der Waals surface area contributed by atoms with E-state index in [2.05, 4.69) is 10.6 Å². The molecule has 1 aliphatic rings. The van der Waals surface area contributed by atoms with Gasteiger partial charge in [0.25, 0.3) is 0 Å². The molecule has 0 bridgehead atoms. The average Bonchev–Trinajstić information content (AvgIpc) is 2.53. The summed E-state index contributed by atoms with van der Waals surface area (Å²) in [6, 6.07) is -0.258. The highest BCUT2D eigenvalue weighted by Crippen LogP contribution is 2.45. The SMILES string of the molecule is CCC(=O)NCC1(C)CC(NC(=O)OCCCC(F)(F)C(F)(F)F)CC(C)(C)C1. The lowest BCUT2D eigenvalue weighted by Crippen LogP contribution is -2.50. The van der Waals surface area contributed by atoms with E-state index in [1.807, 2.05) is 20.8 Å². The summed E-state index contributed by atoms with van der Waals surface area (Å²) in [5.74, 6) is -4.86. The highest BCUT2D eigenvalue weighted by molar-refractivity contribution is 5.75. The molecule has 2 amide bonds. The van der Waals surface area contributed by atoms with Crippen molar-refractivity contribution in [2.75, 3.05) is 13.2 Å². The number of rotatable bonds is 8. The zero-order valence-corrected chi connectivity index (χ0v) is 17.3. The Morgan fingerprint density at radius 3 is 2.28 bits per heavy atom. The van der Waals surface area contributed by atoms with Crippen LogP contribution in [0.3, 0.4) is 0 Å². The Kier molecular flexibility index (Phi) is 8.30. The summed E-state index contributed by atoms with van der Waals surface area (Å²) in [5.41, 5.74) is -0.365. The molecule has 1 rings (SSSR count). The quantitative estimate of drug-likeness (QED) is 0.429. The molecule has 0 radical (unpaired) electrons. The fourth-order valence-electron chi connectivity index (χ4n) is 4.12. The normalized spacial score (nSPS) is 24.7. The summed E-state index contributed by atoms with van der Waals surface area (Å²) >= 11 is 0. The van der Waals surface area contributed by atoms with E-state index in [1.54, 1.807) is 6.92 Å². The van der Waals surface area contributed by atoms with Gasteiger partial charge in [0, 0.05) is 25.4 Å². The summed E-state index contributed by atoms with van der Waals surface area (Å²) in [6.07, 6.45) is -6.03. The number of amides is 2. The predicted molar refractivity (Wildman–Crippen MR) is 97.5 cm³/mol. The first-order valence-electron chi connectivity index (χ1n) is 9.74. The summed E-state index contributed by atoms with van der Waals surface area (Å²) in [6.45, 7) is 7.80. The monoisotopic (exact) mass is 430 g/mol. The molecule has 1 fully saturated rings. The van der Waals surface area contributed by atoms with E-state index < -0.39 is 37.6 Å². The molecule has 29 heavy (non-hydrogen) atoms. The van der Waals surface area contributed by atoms with Gasteiger partial charge in [0.1, 0.15) is 0 Å². The van der Waals surface area contributed by atoms with Gasteiger partial charge in [-0.3, -0.25) is 4.79 Å². The van der Waals surface area contributed by atoms with Crippen molar-refractivity contribution in [3.05, 3.63) is 0 Å². The van der Waals surface area contributed by atoms with Crippen molar-refractivity contribution in [1.29, 1.82) is 0 Å². The van der Waals surface area contributed by atoms with E-state index in [1.165, 1.54) is 0 Å². The van der Waals surface area contributed by atoms with Crippen molar-refractivity contribution in [1.82, 2.24) is 10.6 Å². The Hall–Kier alpha value is -1.61. The molecule has 5 nitrogen and oxygen atoms in total. The topological polar surface area (TPSA) is 67.4 Å². The van der Waals surface area contributed by atoms with E-state index in [0.717, 1.165) is 6.42 Å². The van der Waals surface area contributed by atoms with Crippen LogP contribution in [0.25, 0.3) is 0 Å². The molecule has 1 saturated carbocycles. The Balaban J connectivity index is 2.52. The molecule has 0 aromatic heterocycles. The molecule has 0 saturated heterocycles. The van der Waals surface area contributed by atoms with Crippen molar-refractivity contribution in [3.63, 3.8) is 0 Å². The minimum Gasteiger partial charge on any atom is -0.450 e. The smallest absolute Gasteiger partial charge is 0.450 e. The van der Waals surface area contributed by atoms with Crippen LogP contribution in [0.1, 0.15) is 66.2 Å². The zero-order valence-electron chi connectivity index (χ0n) is 17.3. The van der Waals surface area contributed by atoms with Gasteiger partial charge in [0.2, 0.25) is 5.91 Å². The highest BCUT2D eigenvalue weighted by Gasteiger charge is 2.56. The lowest BCUT2D eigenvalue weighted by Gasteiger charge is -2.46. The minimum atomic E-state index is -5.61. The van der Waals surface area contributed by atoms with E-state index in [-0.39, 0.29) is 22.8 Å². The number of alkyl halides is 5. The van der Waals surface area contributed by atoms with Crippen molar-refractivity contribution in [2.45, 2.75) is 84.4 Å². The van der Waals surface area contributed by atoms with Gasteiger partial charge >= 0.3 is 18.2 Å². The molecule has 170 valence electrons. The van der Waals surface area contributed by atoms with Crippen LogP contribution in [-0.2, 0) is 9.53 Å². The summed E-state index contributed by atoms with van der Waals surface area (Å²) in [4.78, 5) is 23.5. The average molecular weight is 430 g/mol. The van der Waals surface area contributed by atoms with Crippen LogP contribution in [-0.4, -0.2) is 43.3 Å². The third kappa shape index (κ3) is 8.34. The van der Waals surface area contributed by atoms with E-state index in [9.17, 15) is 31.5 Å². The third-order valence-corrected chi connectivity index (χ3v) is 5.08. The number of carbonyl (C=O) groups excluding carboxylic acids is 2. The molecule has 2 unspecified atom stereocenters. The largest absolute Gasteiger partial charge is 0.453 e. The Labute approximate surface area is 168 Å². The van der Waals surface area contributed by atoms with Crippen LogP contribution in [0, 0.1) is 10.8 Å². The fraction of sp³-hybridized carbons (Fsp3) is 0.895. The summed E-state index contributed by atoms with van der Waals surface area (Å²) in [5, 5.41) is 5.55. The number of ether oxygens (including phenoxy) is 1. The van der Waals surface area contributed by atoms with Gasteiger partial charge in [-0.25, -0.2) is 4.79 Å². The van der Waals surface area contributed by atoms with Crippen molar-refractivity contribution >= 4 is 12.0 Å². The molecule has 0 aromatic carbocycles. The lowest BCUT2D eigenvalue weighted by atomic mass is 9.62. The molecule has 1 aliphatic carbocycles. The first-order chi connectivity index (χ1) is 13.1. The lowest BCUT2D eigenvalue weighted by molar-refractivity contribution is -0.284. The van der Waals surface area contributed by atoms with Gasteiger partial charge in [0.15, 0.2) is 0 Å². The van der Waals surface area contributed by atoms with Gasteiger partial charge in [0.05, 0.1) is 6.61 Å². The molecule has 0 aliphatic heterocycles. The highest BCUT2D eigenvalue weighted by atomic mass is 19.4. The third-order valence-electron chi connectivity index (χ3n) is 5.08. The number of halogens is 5. The molecule has 0 aromatic rings. The van der Waals surface area contributed by atoms with Gasteiger partial charge in [-0.2, -0.15) is 22.0 Å². The second-order valence-corrected chi connectivity index (χ2v) is 8.97. The second-order valence-electron chi connectivity index (χ2n) is 8.97. The van der Waals surface area contributed by atoms with Crippen molar-refractivity contribution < 1.29 is 36.3 Å². The van der Waals surface area contributed by atoms with Crippen LogP contribution < -0.4 is 10.6 Å². The molecule has 2 atom stereocenters. The number of nitrogens with one attached hydrogen (secondary N) is 2. The molecule has 0 heterocycles. The Bertz CT molecular complexity index is 581. The van der Waals surface area contributed by atoms with Crippen LogP contribution in [0.4, 0.5) is 26.7 Å². The van der Waals surface area contributed by atoms with Crippen molar-refractivity contribution in [2.24, 2.45) is 10.8 Å². The maximum absolute atomic E-state index is 12.8. The maximum Gasteiger partial charge on any atom is 0.453 e. The van der Waals surface area contributed by atoms with Crippen LogP contribution >= 0.6 is 0 Å². The molecular formula is C19H31F5N2O3. The van der Waals surface area contributed by atoms with Crippen LogP contribution in [0.15, 0.2) is 0 Å². The molecule has 0 spiro atoms. The molecular weight excluding hydrogens is 399 g/mol. The van der Waals surface area contributed by atoms with E-state index in [4.69, 9.17) is 4.74 Å². The number of carbonyl (C=O) groups is 2. The standard InChI is InChI=1S/C19H31F5N2O3/c1-5-14(27)25-12-17(4)10-13(9-16(2,3)11-17)26-15(28)29-8-6-7-18(20,21)19(22,23)24/h13H,5-12H2,1-4H3,(H,25,27)(H,26,28). The maximum atomic E-state index is 12.8. The van der Waals surface area contributed by atoms with Crippen molar-refractivity contribution in [3.8, 4) is 0 Å². The van der Waals surface area contributed by atoms with Crippen LogP contribution in [0.5, 0.6) is 0 Å². The Morgan fingerprint density at radius 2 is 1.72 bits per heavy atom. The molecule has 10 heteroatoms. The van der Waals surface area contributed by atoms with Gasteiger partial charge in [-0.1, -0.05) is 27.7 Å². The minimum absolute atomic E-state index is 0.0609. The van der Waals surface area contributed by atoms with E-state index in [0.29, 0.717) is 25.8 Å².